The van der Waals surface area contributed by atoms with Crippen LogP contribution < -0.4 is 5.32 Å². The summed E-state index contributed by atoms with van der Waals surface area (Å²) < 4.78 is 39.8. The number of benzene rings is 2. The van der Waals surface area contributed by atoms with Gasteiger partial charge in [0.2, 0.25) is 5.91 Å². The molecule has 0 spiro atoms. The highest BCUT2D eigenvalue weighted by Gasteiger charge is 2.38. The molecular weight excluding hydrogens is 430 g/mol. The molecular formula is C25H30F2N2O4. The van der Waals surface area contributed by atoms with Crippen LogP contribution in [-0.2, 0) is 27.4 Å². The molecule has 8 heteroatoms. The van der Waals surface area contributed by atoms with Crippen LogP contribution in [0.5, 0.6) is 0 Å². The van der Waals surface area contributed by atoms with E-state index < -0.39 is 17.7 Å². The van der Waals surface area contributed by atoms with Crippen molar-refractivity contribution in [3.63, 3.8) is 0 Å². The van der Waals surface area contributed by atoms with E-state index >= 15 is 0 Å². The number of amides is 1. The maximum atomic E-state index is 14.3. The maximum Gasteiger partial charge on any atom is 0.222 e. The molecule has 0 aromatic heterocycles. The van der Waals surface area contributed by atoms with Crippen molar-refractivity contribution in [2.75, 3.05) is 19.8 Å². The number of fused-ring (bicyclic) bond motifs is 1. The molecule has 33 heavy (non-hydrogen) atoms. The first-order valence-electron chi connectivity index (χ1n) is 11.4. The number of nitrogens with one attached hydrogen (secondary N) is 1. The van der Waals surface area contributed by atoms with Crippen molar-refractivity contribution >= 4 is 5.91 Å². The molecule has 0 bridgehead atoms. The number of nitrogens with zero attached hydrogens (tertiary/aromatic N) is 1. The number of aliphatic hydroxyl groups is 1. The summed E-state index contributed by atoms with van der Waals surface area (Å²) in [6.07, 6.45) is 0.297. The second-order valence-corrected chi connectivity index (χ2v) is 8.76. The zero-order valence-electron chi connectivity index (χ0n) is 18.5. The summed E-state index contributed by atoms with van der Waals surface area (Å²) in [7, 11) is 0. The summed E-state index contributed by atoms with van der Waals surface area (Å²) in [6.45, 7) is 1.30. The first kappa shape index (κ1) is 23.8. The highest BCUT2D eigenvalue weighted by Crippen LogP contribution is 2.29. The molecule has 1 amide bonds. The maximum absolute atomic E-state index is 14.3. The highest BCUT2D eigenvalue weighted by atomic mass is 19.1. The van der Waals surface area contributed by atoms with Gasteiger partial charge in [0, 0.05) is 31.2 Å². The van der Waals surface area contributed by atoms with Crippen LogP contribution >= 0.6 is 0 Å². The minimum Gasteiger partial charge on any atom is -0.389 e. The fraction of sp³-hybridized carbons (Fsp3) is 0.480. The molecule has 2 saturated heterocycles. The van der Waals surface area contributed by atoms with Gasteiger partial charge in [0.05, 0.1) is 37.9 Å². The summed E-state index contributed by atoms with van der Waals surface area (Å²) in [6, 6.07) is 13.0. The lowest BCUT2D eigenvalue weighted by molar-refractivity contribution is -0.158. The summed E-state index contributed by atoms with van der Waals surface area (Å²) >= 11 is 0. The molecule has 4 atom stereocenters. The van der Waals surface area contributed by atoms with E-state index in [-0.39, 0.29) is 62.4 Å². The number of carbonyl (C=O) groups is 1. The monoisotopic (exact) mass is 460 g/mol. The Kier molecular flexibility index (Phi) is 8.03. The molecule has 2 fully saturated rings. The largest absolute Gasteiger partial charge is 0.389 e. The summed E-state index contributed by atoms with van der Waals surface area (Å²) in [4.78, 5) is 14.4. The average molecular weight is 461 g/mol. The number of rotatable bonds is 6. The van der Waals surface area contributed by atoms with Crippen molar-refractivity contribution in [1.82, 2.24) is 10.2 Å². The van der Waals surface area contributed by atoms with Gasteiger partial charge in [0.1, 0.15) is 11.6 Å². The van der Waals surface area contributed by atoms with Crippen molar-refractivity contribution in [3.05, 3.63) is 71.3 Å². The van der Waals surface area contributed by atoms with Crippen molar-refractivity contribution < 1.29 is 28.2 Å². The molecule has 0 radical (unpaired) electrons. The predicted octanol–water partition coefficient (Wildman–Crippen LogP) is 2.78. The fourth-order valence-corrected chi connectivity index (χ4v) is 4.59. The van der Waals surface area contributed by atoms with Crippen LogP contribution in [0.4, 0.5) is 8.78 Å². The van der Waals surface area contributed by atoms with E-state index in [1.807, 2.05) is 35.2 Å². The first-order chi connectivity index (χ1) is 16.0. The van der Waals surface area contributed by atoms with Crippen LogP contribution in [0.25, 0.3) is 0 Å². The van der Waals surface area contributed by atoms with Gasteiger partial charge < -0.3 is 19.9 Å². The molecule has 0 unspecified atom stereocenters. The van der Waals surface area contributed by atoms with Crippen LogP contribution in [-0.4, -0.2) is 60.0 Å². The van der Waals surface area contributed by atoms with Gasteiger partial charge in [-0.25, -0.2) is 8.78 Å². The number of β-amino-alcohol motifs (C(OH)–C–C–N with tert-alkyl or cyclic N) is 1. The van der Waals surface area contributed by atoms with Crippen LogP contribution in [0.1, 0.15) is 30.4 Å². The molecule has 0 aliphatic carbocycles. The van der Waals surface area contributed by atoms with Gasteiger partial charge in [-0.2, -0.15) is 0 Å². The number of carbonyl (C=O) groups excluding carboxylic acids is 1. The van der Waals surface area contributed by atoms with E-state index in [1.165, 1.54) is 6.07 Å². The normalized spacial score (nSPS) is 26.2. The Morgan fingerprint density at radius 3 is 2.76 bits per heavy atom. The Labute approximate surface area is 192 Å². The minimum atomic E-state index is -0.732. The molecule has 2 heterocycles. The topological polar surface area (TPSA) is 71.0 Å². The van der Waals surface area contributed by atoms with Gasteiger partial charge in [-0.15, -0.1) is 0 Å². The fourth-order valence-electron chi connectivity index (χ4n) is 4.59. The quantitative estimate of drug-likeness (QED) is 0.694. The zero-order chi connectivity index (χ0) is 23.2. The second-order valence-electron chi connectivity index (χ2n) is 8.76. The summed E-state index contributed by atoms with van der Waals surface area (Å²) in [5.74, 6) is -1.06. The van der Waals surface area contributed by atoms with E-state index in [0.717, 1.165) is 17.7 Å². The van der Waals surface area contributed by atoms with Crippen molar-refractivity contribution in [1.29, 1.82) is 0 Å². The van der Waals surface area contributed by atoms with E-state index in [0.29, 0.717) is 19.4 Å². The molecule has 2 aromatic rings. The molecule has 2 N–H and O–H groups in total. The van der Waals surface area contributed by atoms with Crippen LogP contribution in [0.2, 0.25) is 0 Å². The van der Waals surface area contributed by atoms with Gasteiger partial charge in [0.15, 0.2) is 0 Å². The Morgan fingerprint density at radius 2 is 1.94 bits per heavy atom. The molecule has 4 rings (SSSR count). The van der Waals surface area contributed by atoms with Gasteiger partial charge in [-0.1, -0.05) is 30.3 Å². The second kappa shape index (κ2) is 11.2. The van der Waals surface area contributed by atoms with Crippen molar-refractivity contribution in [3.8, 4) is 0 Å². The third kappa shape index (κ3) is 6.57. The first-order valence-corrected chi connectivity index (χ1v) is 11.4. The standard InChI is InChI=1S/C25H30F2N2O4/c26-19-6-8-22(27)18(10-19)13-29-14-20(30)15-32-16-24-23(29)9-7-21(33-24)11-25(31)28-12-17-4-2-1-3-5-17/h1-6,8,10,20-21,23-24,30H,7,9,11-16H2,(H,28,31)/t20-,21-,23-,24+/m1/s1. The Morgan fingerprint density at radius 1 is 1.12 bits per heavy atom. The molecule has 2 aliphatic rings. The highest BCUT2D eigenvalue weighted by molar-refractivity contribution is 5.76. The molecule has 0 saturated carbocycles. The number of halogens is 2. The average Bonchev–Trinajstić information content (AvgIpc) is 2.79. The SMILES string of the molecule is O=C(C[C@H]1CC[C@@H]2[C@H](COC[C@H](O)CN2Cc2cc(F)ccc2F)O1)NCc1ccccc1. The number of ether oxygens (including phenoxy) is 2. The Balaban J connectivity index is 1.37. The zero-order valence-corrected chi connectivity index (χ0v) is 18.5. The van der Waals surface area contributed by atoms with E-state index in [2.05, 4.69) is 5.32 Å². The van der Waals surface area contributed by atoms with E-state index in [1.54, 1.807) is 0 Å². The number of aliphatic hydroxyl groups excluding tert-OH is 1. The minimum absolute atomic E-state index is 0.0804. The van der Waals surface area contributed by atoms with Crippen molar-refractivity contribution in [2.24, 2.45) is 0 Å². The molecule has 178 valence electrons. The lowest BCUT2D eigenvalue weighted by Crippen LogP contribution is -2.55. The predicted molar refractivity (Wildman–Crippen MR) is 118 cm³/mol. The van der Waals surface area contributed by atoms with Gasteiger partial charge in [0.25, 0.3) is 0 Å². The van der Waals surface area contributed by atoms with Crippen molar-refractivity contribution in [2.45, 2.75) is 56.7 Å². The summed E-state index contributed by atoms with van der Waals surface area (Å²) in [5.41, 5.74) is 1.27. The van der Waals surface area contributed by atoms with E-state index in [4.69, 9.17) is 9.47 Å². The molecule has 2 aliphatic heterocycles. The molecule has 6 nitrogen and oxygen atoms in total. The lowest BCUT2D eigenvalue weighted by Gasteiger charge is -2.44. The van der Waals surface area contributed by atoms with Crippen LogP contribution in [0.3, 0.4) is 0 Å². The third-order valence-corrected chi connectivity index (χ3v) is 6.21. The summed E-state index contributed by atoms with van der Waals surface area (Å²) in [5, 5.41) is 13.2. The molecule has 2 aromatic carbocycles. The smallest absolute Gasteiger partial charge is 0.222 e. The number of hydrogen-bond acceptors (Lipinski definition) is 5. The lowest BCUT2D eigenvalue weighted by atomic mass is 9.94. The van der Waals surface area contributed by atoms with Crippen LogP contribution in [0, 0.1) is 11.6 Å². The van der Waals surface area contributed by atoms with Gasteiger partial charge in [-0.3, -0.25) is 9.69 Å². The third-order valence-electron chi connectivity index (χ3n) is 6.21. The Bertz CT molecular complexity index is 930. The van der Waals surface area contributed by atoms with Gasteiger partial charge in [-0.05, 0) is 36.6 Å². The van der Waals surface area contributed by atoms with E-state index in [9.17, 15) is 18.7 Å². The van der Waals surface area contributed by atoms with Gasteiger partial charge >= 0.3 is 0 Å². The Hall–Kier alpha value is -2.39. The number of hydrogen-bond donors (Lipinski definition) is 2. The van der Waals surface area contributed by atoms with Crippen LogP contribution in [0.15, 0.2) is 48.5 Å².